The van der Waals surface area contributed by atoms with Crippen LogP contribution in [0.15, 0.2) is 93.4 Å². The Labute approximate surface area is 149 Å². The molecule has 2 heterocycles. The van der Waals surface area contributed by atoms with Crippen molar-refractivity contribution in [1.82, 2.24) is 0 Å². The number of aliphatic imine (C=N–C) groups is 1. The molecule has 0 radical (unpaired) electrons. The first kappa shape index (κ1) is 15.5. The standard InChI is InChI=1S/C20H14N2O2S/c23-19-18(14-17-12-7-13-24-17)25-20(21-15-8-3-1-4-9-15)22(19)16-10-5-2-6-11-16/h1-14H/b18-14-,21-20?. The van der Waals surface area contributed by atoms with Crippen LogP contribution in [-0.4, -0.2) is 11.1 Å². The van der Waals surface area contributed by atoms with E-state index >= 15 is 0 Å². The Morgan fingerprint density at radius 2 is 1.64 bits per heavy atom. The lowest BCUT2D eigenvalue weighted by molar-refractivity contribution is -0.113. The van der Waals surface area contributed by atoms with Gasteiger partial charge in [0.15, 0.2) is 5.17 Å². The quantitative estimate of drug-likeness (QED) is 0.621. The van der Waals surface area contributed by atoms with Gasteiger partial charge in [-0.15, -0.1) is 0 Å². The van der Waals surface area contributed by atoms with E-state index in [1.165, 1.54) is 11.8 Å². The Hall–Kier alpha value is -3.05. The van der Waals surface area contributed by atoms with Crippen LogP contribution in [0.5, 0.6) is 0 Å². The van der Waals surface area contributed by atoms with Gasteiger partial charge in [0.2, 0.25) is 0 Å². The molecule has 3 aromatic rings. The number of hydrogen-bond donors (Lipinski definition) is 0. The maximum Gasteiger partial charge on any atom is 0.271 e. The summed E-state index contributed by atoms with van der Waals surface area (Å²) < 4.78 is 5.34. The van der Waals surface area contributed by atoms with Crippen molar-refractivity contribution >= 4 is 40.3 Å². The molecule has 1 amide bonds. The molecule has 1 saturated heterocycles. The van der Waals surface area contributed by atoms with E-state index < -0.39 is 0 Å². The van der Waals surface area contributed by atoms with Crippen molar-refractivity contribution in [1.29, 1.82) is 0 Å². The molecule has 2 aromatic carbocycles. The minimum absolute atomic E-state index is 0.109. The maximum absolute atomic E-state index is 12.9. The van der Waals surface area contributed by atoms with Crippen LogP contribution in [0.3, 0.4) is 0 Å². The van der Waals surface area contributed by atoms with Crippen LogP contribution in [-0.2, 0) is 4.79 Å². The van der Waals surface area contributed by atoms with Gasteiger partial charge in [0.25, 0.3) is 5.91 Å². The second kappa shape index (κ2) is 6.83. The van der Waals surface area contributed by atoms with Crippen LogP contribution in [0.25, 0.3) is 6.08 Å². The molecule has 0 unspecified atom stereocenters. The molecule has 0 saturated carbocycles. The van der Waals surface area contributed by atoms with Crippen LogP contribution < -0.4 is 4.90 Å². The third kappa shape index (κ3) is 3.27. The Morgan fingerprint density at radius 3 is 2.32 bits per heavy atom. The Balaban J connectivity index is 1.77. The zero-order valence-corrected chi connectivity index (χ0v) is 14.0. The lowest BCUT2D eigenvalue weighted by atomic mass is 10.3. The van der Waals surface area contributed by atoms with E-state index in [4.69, 9.17) is 4.42 Å². The average Bonchev–Trinajstić information content (AvgIpc) is 3.26. The van der Waals surface area contributed by atoms with Crippen molar-refractivity contribution in [3.8, 4) is 0 Å². The van der Waals surface area contributed by atoms with Gasteiger partial charge in [0, 0.05) is 6.08 Å². The highest BCUT2D eigenvalue weighted by Gasteiger charge is 2.34. The molecule has 122 valence electrons. The molecular weight excluding hydrogens is 332 g/mol. The summed E-state index contributed by atoms with van der Waals surface area (Å²) in [7, 11) is 0. The van der Waals surface area contributed by atoms with E-state index in [-0.39, 0.29) is 5.91 Å². The van der Waals surface area contributed by atoms with Crippen molar-refractivity contribution in [3.05, 3.63) is 89.7 Å². The summed E-state index contributed by atoms with van der Waals surface area (Å²) in [6, 6.07) is 22.8. The van der Waals surface area contributed by atoms with Gasteiger partial charge in [-0.3, -0.25) is 9.69 Å². The summed E-state index contributed by atoms with van der Waals surface area (Å²) in [6.45, 7) is 0. The summed E-state index contributed by atoms with van der Waals surface area (Å²) in [5.74, 6) is 0.534. The maximum atomic E-state index is 12.9. The normalized spacial score (nSPS) is 17.6. The number of rotatable bonds is 3. The van der Waals surface area contributed by atoms with E-state index in [2.05, 4.69) is 4.99 Å². The monoisotopic (exact) mass is 346 g/mol. The number of thioether (sulfide) groups is 1. The first-order valence-corrected chi connectivity index (χ1v) is 8.59. The molecule has 25 heavy (non-hydrogen) atoms. The van der Waals surface area contributed by atoms with Gasteiger partial charge in [-0.2, -0.15) is 0 Å². The van der Waals surface area contributed by atoms with Gasteiger partial charge in [-0.05, 0) is 48.2 Å². The van der Waals surface area contributed by atoms with E-state index in [0.717, 1.165) is 11.4 Å². The molecule has 0 bridgehead atoms. The third-order valence-electron chi connectivity index (χ3n) is 3.62. The predicted molar refractivity (Wildman–Crippen MR) is 102 cm³/mol. The summed E-state index contributed by atoms with van der Waals surface area (Å²) in [5.41, 5.74) is 1.59. The number of carbonyl (C=O) groups is 1. The number of para-hydroxylation sites is 2. The average molecular weight is 346 g/mol. The van der Waals surface area contributed by atoms with Crippen LogP contribution in [0.1, 0.15) is 5.76 Å². The van der Waals surface area contributed by atoms with E-state index in [1.807, 2.05) is 66.7 Å². The Morgan fingerprint density at radius 1 is 0.920 bits per heavy atom. The van der Waals surface area contributed by atoms with Gasteiger partial charge in [-0.1, -0.05) is 36.4 Å². The molecule has 5 heteroatoms. The van der Waals surface area contributed by atoms with E-state index in [9.17, 15) is 4.79 Å². The number of carbonyl (C=O) groups excluding carboxylic acids is 1. The van der Waals surface area contributed by atoms with Crippen molar-refractivity contribution in [2.75, 3.05) is 4.90 Å². The first-order chi connectivity index (χ1) is 12.3. The van der Waals surface area contributed by atoms with Gasteiger partial charge >= 0.3 is 0 Å². The molecule has 0 N–H and O–H groups in total. The number of benzene rings is 2. The second-order valence-electron chi connectivity index (χ2n) is 5.33. The summed E-state index contributed by atoms with van der Waals surface area (Å²) >= 11 is 1.34. The van der Waals surface area contributed by atoms with Crippen LogP contribution in [0, 0.1) is 0 Å². The molecule has 1 aliphatic heterocycles. The highest BCUT2D eigenvalue weighted by Crippen LogP contribution is 2.37. The van der Waals surface area contributed by atoms with Crippen molar-refractivity contribution in [2.24, 2.45) is 4.99 Å². The minimum Gasteiger partial charge on any atom is -0.465 e. The molecular formula is C20H14N2O2S. The highest BCUT2D eigenvalue weighted by molar-refractivity contribution is 8.19. The molecule has 0 aliphatic carbocycles. The van der Waals surface area contributed by atoms with Gasteiger partial charge in [-0.25, -0.2) is 4.99 Å². The predicted octanol–water partition coefficient (Wildman–Crippen LogP) is 5.09. The minimum atomic E-state index is -0.109. The fourth-order valence-electron chi connectivity index (χ4n) is 2.47. The molecule has 1 aromatic heterocycles. The number of hydrogen-bond acceptors (Lipinski definition) is 4. The summed E-state index contributed by atoms with van der Waals surface area (Å²) in [6.07, 6.45) is 3.33. The van der Waals surface area contributed by atoms with Gasteiger partial charge in [0.05, 0.1) is 22.5 Å². The van der Waals surface area contributed by atoms with Gasteiger partial charge < -0.3 is 4.42 Å². The van der Waals surface area contributed by atoms with Crippen molar-refractivity contribution in [3.63, 3.8) is 0 Å². The molecule has 0 spiro atoms. The van der Waals surface area contributed by atoms with E-state index in [0.29, 0.717) is 15.8 Å². The number of anilines is 1. The summed E-state index contributed by atoms with van der Waals surface area (Å²) in [5, 5.41) is 0.625. The molecule has 4 rings (SSSR count). The number of amidine groups is 1. The Bertz CT molecular complexity index is 932. The van der Waals surface area contributed by atoms with Crippen LogP contribution >= 0.6 is 11.8 Å². The molecule has 0 atom stereocenters. The fraction of sp³-hybridized carbons (Fsp3) is 0. The second-order valence-corrected chi connectivity index (χ2v) is 6.34. The first-order valence-electron chi connectivity index (χ1n) is 7.77. The topological polar surface area (TPSA) is 45.8 Å². The largest absolute Gasteiger partial charge is 0.465 e. The van der Waals surface area contributed by atoms with Crippen molar-refractivity contribution < 1.29 is 9.21 Å². The highest BCUT2D eigenvalue weighted by atomic mass is 32.2. The zero-order valence-electron chi connectivity index (χ0n) is 13.2. The van der Waals surface area contributed by atoms with Gasteiger partial charge in [0.1, 0.15) is 5.76 Å². The molecule has 1 fully saturated rings. The van der Waals surface area contributed by atoms with Crippen LogP contribution in [0.2, 0.25) is 0 Å². The smallest absolute Gasteiger partial charge is 0.271 e. The Kier molecular flexibility index (Phi) is 4.23. The number of nitrogens with zero attached hydrogens (tertiary/aromatic N) is 2. The SMILES string of the molecule is O=C1/C(=C/c2ccco2)SC(=Nc2ccccc2)N1c1ccccc1. The molecule has 1 aliphatic rings. The third-order valence-corrected chi connectivity index (χ3v) is 4.59. The van der Waals surface area contributed by atoms with E-state index in [1.54, 1.807) is 23.3 Å². The summed E-state index contributed by atoms with van der Waals surface area (Å²) in [4.78, 5) is 19.8. The number of amides is 1. The van der Waals surface area contributed by atoms with Crippen LogP contribution in [0.4, 0.5) is 11.4 Å². The molecule has 4 nitrogen and oxygen atoms in total. The van der Waals surface area contributed by atoms with Crippen molar-refractivity contribution in [2.45, 2.75) is 0 Å². The lowest BCUT2D eigenvalue weighted by Crippen LogP contribution is -2.28. The zero-order chi connectivity index (χ0) is 17.1. The fourth-order valence-corrected chi connectivity index (χ4v) is 3.45. The number of furan rings is 1. The lowest BCUT2D eigenvalue weighted by Gasteiger charge is -2.15.